The number of hydrogen-bond donors (Lipinski definition) is 5. The van der Waals surface area contributed by atoms with E-state index in [4.69, 9.17) is 16.2 Å². The monoisotopic (exact) mass is 609 g/mol. The van der Waals surface area contributed by atoms with E-state index >= 15 is 8.78 Å². The lowest BCUT2D eigenvalue weighted by Crippen LogP contribution is -2.55. The Morgan fingerprint density at radius 1 is 1.07 bits per heavy atom. The van der Waals surface area contributed by atoms with Gasteiger partial charge in [0.2, 0.25) is 11.4 Å². The zero-order valence-electron chi connectivity index (χ0n) is 21.9. The number of ether oxygens (including phenoxy) is 1. The summed E-state index contributed by atoms with van der Waals surface area (Å²) in [4.78, 5) is 28.9. The number of rotatable bonds is 6. The normalized spacial score (nSPS) is 21.7. The van der Waals surface area contributed by atoms with Crippen LogP contribution in [0, 0.1) is 17.5 Å². The first-order valence-electron chi connectivity index (χ1n) is 12.6. The summed E-state index contributed by atoms with van der Waals surface area (Å²) in [5.41, 5.74) is 8.51. The van der Waals surface area contributed by atoms with Crippen LogP contribution in [0.4, 0.5) is 42.5 Å². The van der Waals surface area contributed by atoms with Crippen molar-refractivity contribution >= 4 is 41.1 Å². The van der Waals surface area contributed by atoms with E-state index < -0.39 is 63.2 Å². The van der Waals surface area contributed by atoms with E-state index in [2.05, 4.69) is 15.4 Å². The first-order chi connectivity index (χ1) is 20.3. The van der Waals surface area contributed by atoms with E-state index in [1.807, 2.05) is 10.6 Å². The van der Waals surface area contributed by atoms with Crippen LogP contribution in [-0.2, 0) is 15.7 Å². The fourth-order valence-corrected chi connectivity index (χ4v) is 4.97. The molecule has 3 aliphatic heterocycles. The molecule has 5 rings (SSSR count). The molecule has 2 atom stereocenters. The average Bonchev–Trinajstić information content (AvgIpc) is 3.27. The molecule has 0 bridgehead atoms. The third-order valence-corrected chi connectivity index (χ3v) is 6.85. The van der Waals surface area contributed by atoms with Gasteiger partial charge < -0.3 is 32.2 Å². The van der Waals surface area contributed by atoms with Crippen molar-refractivity contribution in [2.75, 3.05) is 36.9 Å². The molecule has 11 nitrogen and oxygen atoms in total. The minimum Gasteiger partial charge on any atom is -0.379 e. The van der Waals surface area contributed by atoms with Gasteiger partial charge in [-0.15, -0.1) is 4.59 Å². The standard InChI is InChI=1S/C26H22F6N8O3/c27-16-2-1-12(26(30,31)32)5-19(16)38-25(42)39-20-8-17(28)14(6-18(20)29)15-7-21(24(34)41)40(10-13-9-35-3-4-43-13)22(15)23(33)36-11-37-40/h1-2,5-8,11,13,35H,3-4,9-10H2,(H5-,33,34,36,37,38,39,41,42)/p+1. The maximum atomic E-state index is 15.5. The molecule has 3 amide bonds. The van der Waals surface area contributed by atoms with E-state index in [0.29, 0.717) is 50.0 Å². The predicted octanol–water partition coefficient (Wildman–Crippen LogP) is 2.98. The number of halogens is 6. The number of alkyl halides is 3. The number of hydrogen-bond acceptors (Lipinski definition) is 7. The molecule has 43 heavy (non-hydrogen) atoms. The predicted molar refractivity (Wildman–Crippen MR) is 142 cm³/mol. The molecule has 3 heterocycles. The van der Waals surface area contributed by atoms with Crippen LogP contribution in [0.2, 0.25) is 0 Å². The highest BCUT2D eigenvalue weighted by Gasteiger charge is 2.53. The second kappa shape index (κ2) is 11.2. The third-order valence-electron chi connectivity index (χ3n) is 6.85. The highest BCUT2D eigenvalue weighted by molar-refractivity contribution is 6.11. The van der Waals surface area contributed by atoms with E-state index in [9.17, 15) is 27.2 Å². The SMILES string of the molecule is NC(=O)C1=CC(c2cc(F)c(NC(=O)Nc3cc(C(F)(F)F)ccc3F)cc2F)=C2C(N)=NC=N[N+]12CC1CNCCO1. The number of carbonyl (C=O) groups excluding carboxylic acids is 2. The lowest BCUT2D eigenvalue weighted by atomic mass is 10.0. The van der Waals surface area contributed by atoms with Crippen molar-refractivity contribution in [3.63, 3.8) is 0 Å². The van der Waals surface area contributed by atoms with Gasteiger partial charge in [0, 0.05) is 30.8 Å². The van der Waals surface area contributed by atoms with Crippen LogP contribution in [0.15, 0.2) is 57.9 Å². The summed E-state index contributed by atoms with van der Waals surface area (Å²) < 4.78 is 88.9. The summed E-state index contributed by atoms with van der Waals surface area (Å²) in [7, 11) is 0. The summed E-state index contributed by atoms with van der Waals surface area (Å²) in [5.74, 6) is -4.53. The van der Waals surface area contributed by atoms with Crippen molar-refractivity contribution in [2.24, 2.45) is 21.6 Å². The lowest BCUT2D eigenvalue weighted by molar-refractivity contribution is -0.852. The maximum Gasteiger partial charge on any atom is 0.416 e. The molecular formula is C26H23F6N8O3+. The number of fused-ring (bicyclic) bond motifs is 1. The molecular weight excluding hydrogens is 586 g/mol. The first kappa shape index (κ1) is 29.7. The van der Waals surface area contributed by atoms with Gasteiger partial charge in [-0.25, -0.2) is 23.0 Å². The Morgan fingerprint density at radius 3 is 2.44 bits per heavy atom. The number of allylic oxidation sites excluding steroid dienone is 2. The fourth-order valence-electron chi connectivity index (χ4n) is 4.97. The average molecular weight is 610 g/mol. The molecule has 0 spiro atoms. The molecule has 0 aliphatic carbocycles. The minimum absolute atomic E-state index is 0.0172. The molecule has 1 fully saturated rings. The van der Waals surface area contributed by atoms with Gasteiger partial charge in [-0.05, 0) is 24.3 Å². The molecule has 0 saturated carbocycles. The molecule has 0 aromatic heterocycles. The van der Waals surface area contributed by atoms with Crippen molar-refractivity contribution in [2.45, 2.75) is 12.3 Å². The third kappa shape index (κ3) is 5.69. The number of anilines is 2. The number of amides is 3. The highest BCUT2D eigenvalue weighted by Crippen LogP contribution is 2.43. The second-order valence-corrected chi connectivity index (χ2v) is 9.63. The van der Waals surface area contributed by atoms with E-state index in [-0.39, 0.29) is 34.9 Å². The largest absolute Gasteiger partial charge is 0.416 e. The Morgan fingerprint density at radius 2 is 1.79 bits per heavy atom. The first-order valence-corrected chi connectivity index (χ1v) is 12.6. The zero-order chi connectivity index (χ0) is 31.1. The van der Waals surface area contributed by atoms with Gasteiger partial charge >= 0.3 is 18.1 Å². The highest BCUT2D eigenvalue weighted by atomic mass is 19.4. The number of aliphatic imine (C=N–C) groups is 1. The minimum atomic E-state index is -4.82. The molecule has 2 aromatic carbocycles. The Labute approximate surface area is 239 Å². The van der Waals surface area contributed by atoms with Crippen LogP contribution in [0.1, 0.15) is 11.1 Å². The molecule has 2 unspecified atom stereocenters. The van der Waals surface area contributed by atoms with Crippen LogP contribution in [-0.4, -0.2) is 61.0 Å². The van der Waals surface area contributed by atoms with Crippen LogP contribution >= 0.6 is 0 Å². The number of benzene rings is 2. The maximum absolute atomic E-state index is 15.5. The molecule has 17 heteroatoms. The quantitative estimate of drug-likeness (QED) is 0.252. The summed E-state index contributed by atoms with van der Waals surface area (Å²) in [6.45, 7) is 1.40. The summed E-state index contributed by atoms with van der Waals surface area (Å²) in [6.07, 6.45) is -2.96. The van der Waals surface area contributed by atoms with Crippen molar-refractivity contribution in [3.8, 4) is 0 Å². The summed E-state index contributed by atoms with van der Waals surface area (Å²) in [5, 5.41) is 11.3. The summed E-state index contributed by atoms with van der Waals surface area (Å²) in [6, 6.07) is 1.28. The Balaban J connectivity index is 1.48. The van der Waals surface area contributed by atoms with Gasteiger partial charge in [-0.2, -0.15) is 13.2 Å². The number of carbonyl (C=O) groups is 2. The molecule has 3 aliphatic rings. The van der Waals surface area contributed by atoms with E-state index in [1.54, 1.807) is 0 Å². The molecule has 2 aromatic rings. The van der Waals surface area contributed by atoms with Gasteiger partial charge in [0.15, 0.2) is 12.2 Å². The van der Waals surface area contributed by atoms with Gasteiger partial charge in [-0.1, -0.05) is 5.10 Å². The van der Waals surface area contributed by atoms with Crippen molar-refractivity contribution in [1.82, 2.24) is 5.32 Å². The second-order valence-electron chi connectivity index (χ2n) is 9.63. The van der Waals surface area contributed by atoms with Crippen molar-refractivity contribution in [1.29, 1.82) is 0 Å². The number of nitrogens with two attached hydrogens (primary N) is 2. The number of nitrogens with zero attached hydrogens (tertiary/aromatic N) is 3. The summed E-state index contributed by atoms with van der Waals surface area (Å²) >= 11 is 0. The number of urea groups is 1. The number of nitrogens with one attached hydrogen (secondary N) is 3. The zero-order valence-corrected chi connectivity index (χ0v) is 21.9. The van der Waals surface area contributed by atoms with Crippen LogP contribution in [0.5, 0.6) is 0 Å². The topological polar surface area (TPSA) is 156 Å². The van der Waals surface area contributed by atoms with Gasteiger partial charge in [0.05, 0.1) is 29.1 Å². The molecule has 226 valence electrons. The fraction of sp³-hybridized carbons (Fsp3) is 0.231. The number of amidine groups is 1. The van der Waals surface area contributed by atoms with E-state index in [0.717, 1.165) is 6.34 Å². The van der Waals surface area contributed by atoms with Crippen molar-refractivity contribution in [3.05, 3.63) is 76.4 Å². The van der Waals surface area contributed by atoms with Crippen LogP contribution in [0.3, 0.4) is 0 Å². The van der Waals surface area contributed by atoms with Gasteiger partial charge in [0.25, 0.3) is 0 Å². The lowest BCUT2D eigenvalue weighted by Gasteiger charge is -2.35. The Bertz CT molecular complexity index is 1630. The number of primary amides is 1. The van der Waals surface area contributed by atoms with Gasteiger partial charge in [-0.3, -0.25) is 4.79 Å². The molecule has 0 radical (unpaired) electrons. The van der Waals surface area contributed by atoms with E-state index in [1.165, 1.54) is 6.08 Å². The molecule has 7 N–H and O–H groups in total. The van der Waals surface area contributed by atoms with Crippen molar-refractivity contribution < 1.29 is 45.3 Å². The number of quaternary nitrogens is 1. The van der Waals surface area contributed by atoms with Gasteiger partial charge in [0.1, 0.15) is 30.1 Å². The molecule has 1 saturated heterocycles. The van der Waals surface area contributed by atoms with Crippen LogP contribution < -0.4 is 27.4 Å². The number of morpholine rings is 1. The van der Waals surface area contributed by atoms with Crippen LogP contribution in [0.25, 0.3) is 5.57 Å². The smallest absolute Gasteiger partial charge is 0.379 e. The Kier molecular flexibility index (Phi) is 7.72. The Hall–Kier alpha value is -4.74.